The largest absolute Gasteiger partial charge is 0.493 e. The topological polar surface area (TPSA) is 93.2 Å². The summed E-state index contributed by atoms with van der Waals surface area (Å²) in [5.74, 6) is -0.200. The average Bonchev–Trinajstić information content (AvgIpc) is 3.10. The number of fused-ring (bicyclic) bond motifs is 1. The lowest BCUT2D eigenvalue weighted by atomic mass is 10.0. The van der Waals surface area contributed by atoms with Gasteiger partial charge < -0.3 is 14.4 Å². The maximum absolute atomic E-state index is 13.0. The van der Waals surface area contributed by atoms with Crippen molar-refractivity contribution in [3.63, 3.8) is 0 Å². The van der Waals surface area contributed by atoms with E-state index >= 15 is 0 Å². The third-order valence-electron chi connectivity index (χ3n) is 6.15. The van der Waals surface area contributed by atoms with Gasteiger partial charge in [-0.1, -0.05) is 25.3 Å². The van der Waals surface area contributed by atoms with Crippen molar-refractivity contribution in [2.24, 2.45) is 0 Å². The van der Waals surface area contributed by atoms with Crippen LogP contribution in [0.15, 0.2) is 18.2 Å². The molecule has 0 saturated carbocycles. The number of likely N-dealkylation sites (tertiary alicyclic amines) is 1. The number of imide groups is 1. The number of piperidine rings is 1. The number of unbranched alkanes of at least 4 members (excludes halogenated alkanes) is 4. The van der Waals surface area contributed by atoms with E-state index in [0.29, 0.717) is 37.3 Å². The molecule has 2 heterocycles. The number of likely N-dealkylation sites (N-methyl/N-ethyl adjacent to an activating group) is 1. The quantitative estimate of drug-likeness (QED) is 0.292. The number of carbonyl (C=O) groups excluding carboxylic acids is 4. The number of nitrogens with zero attached hydrogens (tertiary/aromatic N) is 2. The van der Waals surface area contributed by atoms with Crippen molar-refractivity contribution in [2.75, 3.05) is 13.7 Å². The molecular weight excluding hydrogens is 436 g/mol. The minimum absolute atomic E-state index is 0.148. The van der Waals surface area contributed by atoms with Crippen molar-refractivity contribution in [3.05, 3.63) is 29.3 Å². The molecule has 0 radical (unpaired) electrons. The summed E-state index contributed by atoms with van der Waals surface area (Å²) < 4.78 is 11.3. The van der Waals surface area contributed by atoms with Gasteiger partial charge in [-0.25, -0.2) is 0 Å². The summed E-state index contributed by atoms with van der Waals surface area (Å²) in [6, 6.07) is 4.80. The molecular formula is C26H36N2O6. The molecule has 1 fully saturated rings. The van der Waals surface area contributed by atoms with Gasteiger partial charge in [0.25, 0.3) is 11.8 Å². The average molecular weight is 473 g/mol. The fourth-order valence-electron chi connectivity index (χ4n) is 4.38. The highest BCUT2D eigenvalue weighted by atomic mass is 16.6. The van der Waals surface area contributed by atoms with Gasteiger partial charge in [0.2, 0.25) is 5.91 Å². The standard InChI is InChI=1S/C26H36N2O6/c1-26(2,3)34-23(30)13-8-6-5-7-9-16-33-21-12-10-11-18-19(21)17-28(24(18)31)20-14-15-22(29)27(4)25(20)32/h10-12,20H,5-9,13-17H2,1-4H3. The Hall–Kier alpha value is -2.90. The van der Waals surface area contributed by atoms with Crippen molar-refractivity contribution in [3.8, 4) is 5.75 Å². The molecule has 2 aliphatic rings. The summed E-state index contributed by atoms with van der Waals surface area (Å²) in [6.45, 7) is 6.47. The molecule has 0 aliphatic carbocycles. The molecule has 186 valence electrons. The van der Waals surface area contributed by atoms with E-state index in [-0.39, 0.29) is 30.1 Å². The van der Waals surface area contributed by atoms with Crippen molar-refractivity contribution in [1.82, 2.24) is 9.80 Å². The zero-order valence-corrected chi connectivity index (χ0v) is 20.7. The number of esters is 1. The van der Waals surface area contributed by atoms with Crippen molar-refractivity contribution in [1.29, 1.82) is 0 Å². The summed E-state index contributed by atoms with van der Waals surface area (Å²) in [5.41, 5.74) is 0.930. The summed E-state index contributed by atoms with van der Waals surface area (Å²) in [5, 5.41) is 0. The van der Waals surface area contributed by atoms with Crippen molar-refractivity contribution >= 4 is 23.7 Å². The van der Waals surface area contributed by atoms with E-state index in [1.54, 1.807) is 17.0 Å². The predicted octanol–water partition coefficient (Wildman–Crippen LogP) is 3.85. The molecule has 3 amide bonds. The molecule has 0 N–H and O–H groups in total. The fourth-order valence-corrected chi connectivity index (χ4v) is 4.38. The zero-order chi connectivity index (χ0) is 24.9. The molecule has 1 aromatic carbocycles. The Morgan fingerprint density at radius 1 is 1.06 bits per heavy atom. The number of amides is 3. The molecule has 0 bridgehead atoms. The normalized spacial score (nSPS) is 18.4. The molecule has 3 rings (SSSR count). The lowest BCUT2D eigenvalue weighted by molar-refractivity contribution is -0.155. The zero-order valence-electron chi connectivity index (χ0n) is 20.7. The van der Waals surface area contributed by atoms with Crippen LogP contribution in [0.2, 0.25) is 0 Å². The molecule has 2 aliphatic heterocycles. The Balaban J connectivity index is 1.42. The van der Waals surface area contributed by atoms with Crippen LogP contribution in [-0.4, -0.2) is 58.8 Å². The fraction of sp³-hybridized carbons (Fsp3) is 0.615. The number of benzene rings is 1. The maximum atomic E-state index is 13.0. The van der Waals surface area contributed by atoms with Crippen molar-refractivity contribution < 1.29 is 28.7 Å². The van der Waals surface area contributed by atoms with Gasteiger partial charge in [0.15, 0.2) is 0 Å². The smallest absolute Gasteiger partial charge is 0.306 e. The molecule has 1 aromatic rings. The van der Waals surface area contributed by atoms with Crippen LogP contribution < -0.4 is 4.74 Å². The van der Waals surface area contributed by atoms with Crippen molar-refractivity contribution in [2.45, 2.75) is 90.3 Å². The Kier molecular flexibility index (Phi) is 8.33. The van der Waals surface area contributed by atoms with Gasteiger partial charge in [-0.15, -0.1) is 0 Å². The number of hydrogen-bond donors (Lipinski definition) is 0. The van der Waals surface area contributed by atoms with E-state index < -0.39 is 11.6 Å². The second kappa shape index (κ2) is 11.0. The molecule has 1 saturated heterocycles. The Morgan fingerprint density at radius 2 is 1.76 bits per heavy atom. The van der Waals surface area contributed by atoms with E-state index in [1.807, 2.05) is 26.8 Å². The minimum Gasteiger partial charge on any atom is -0.493 e. The predicted molar refractivity (Wildman–Crippen MR) is 126 cm³/mol. The molecule has 8 heteroatoms. The van der Waals surface area contributed by atoms with Crippen LogP contribution >= 0.6 is 0 Å². The number of rotatable bonds is 10. The Labute approximate surface area is 201 Å². The first-order valence-corrected chi connectivity index (χ1v) is 12.2. The molecule has 34 heavy (non-hydrogen) atoms. The monoisotopic (exact) mass is 472 g/mol. The van der Waals surface area contributed by atoms with E-state index in [0.717, 1.165) is 42.6 Å². The van der Waals surface area contributed by atoms with E-state index in [9.17, 15) is 19.2 Å². The van der Waals surface area contributed by atoms with Gasteiger partial charge in [0.1, 0.15) is 17.4 Å². The third-order valence-corrected chi connectivity index (χ3v) is 6.15. The maximum Gasteiger partial charge on any atom is 0.306 e. The van der Waals surface area contributed by atoms with Crippen LogP contribution in [0.5, 0.6) is 5.75 Å². The van der Waals surface area contributed by atoms with Gasteiger partial charge in [-0.3, -0.25) is 24.1 Å². The number of hydrogen-bond acceptors (Lipinski definition) is 6. The number of ether oxygens (including phenoxy) is 2. The van der Waals surface area contributed by atoms with Crippen LogP contribution in [-0.2, 0) is 25.7 Å². The summed E-state index contributed by atoms with van der Waals surface area (Å²) in [4.78, 5) is 51.7. The molecule has 8 nitrogen and oxygen atoms in total. The van der Waals surface area contributed by atoms with Gasteiger partial charge >= 0.3 is 5.97 Å². The van der Waals surface area contributed by atoms with Gasteiger partial charge in [-0.05, 0) is 52.2 Å². The van der Waals surface area contributed by atoms with Crippen LogP contribution in [0.3, 0.4) is 0 Å². The van der Waals surface area contributed by atoms with E-state index in [4.69, 9.17) is 9.47 Å². The Bertz CT molecular complexity index is 936. The summed E-state index contributed by atoms with van der Waals surface area (Å²) in [6.07, 6.45) is 5.73. The van der Waals surface area contributed by atoms with Gasteiger partial charge in [0.05, 0.1) is 13.2 Å². The number of carbonyl (C=O) groups is 4. The first-order chi connectivity index (χ1) is 16.1. The lowest BCUT2D eigenvalue weighted by Gasteiger charge is -2.33. The summed E-state index contributed by atoms with van der Waals surface area (Å²) >= 11 is 0. The van der Waals surface area contributed by atoms with E-state index in [2.05, 4.69) is 0 Å². The highest BCUT2D eigenvalue weighted by Gasteiger charge is 2.42. The Morgan fingerprint density at radius 3 is 2.50 bits per heavy atom. The molecule has 1 atom stereocenters. The SMILES string of the molecule is CN1C(=O)CCC(N2Cc3c(OCCCCCCCC(=O)OC(C)(C)C)cccc3C2=O)C1=O. The molecule has 1 unspecified atom stereocenters. The second-order valence-corrected chi connectivity index (χ2v) is 10.0. The second-order valence-electron chi connectivity index (χ2n) is 10.0. The minimum atomic E-state index is -0.615. The van der Waals surface area contributed by atoms with Crippen LogP contribution in [0.4, 0.5) is 0 Å². The lowest BCUT2D eigenvalue weighted by Crippen LogP contribution is -2.53. The molecule has 0 aromatic heterocycles. The van der Waals surface area contributed by atoms with E-state index in [1.165, 1.54) is 7.05 Å². The van der Waals surface area contributed by atoms with Crippen LogP contribution in [0.25, 0.3) is 0 Å². The third kappa shape index (κ3) is 6.36. The first-order valence-electron chi connectivity index (χ1n) is 12.2. The highest BCUT2D eigenvalue weighted by molar-refractivity contribution is 6.05. The summed E-state index contributed by atoms with van der Waals surface area (Å²) in [7, 11) is 1.47. The highest BCUT2D eigenvalue weighted by Crippen LogP contribution is 2.34. The molecule has 0 spiro atoms. The van der Waals surface area contributed by atoms with Gasteiger partial charge in [0, 0.05) is 31.0 Å². The van der Waals surface area contributed by atoms with Crippen LogP contribution in [0, 0.1) is 0 Å². The van der Waals surface area contributed by atoms with Gasteiger partial charge in [-0.2, -0.15) is 0 Å². The van der Waals surface area contributed by atoms with Crippen LogP contribution in [0.1, 0.15) is 88.1 Å². The first kappa shape index (κ1) is 25.7.